The molecule has 0 aliphatic carbocycles. The van der Waals surface area contributed by atoms with E-state index in [9.17, 15) is 18.0 Å². The van der Waals surface area contributed by atoms with Crippen LogP contribution in [0.5, 0.6) is 0 Å². The van der Waals surface area contributed by atoms with E-state index in [1.54, 1.807) is 39.6 Å². The molecular weight excluding hydrogens is 613 g/mol. The molecule has 2 amide bonds. The minimum Gasteiger partial charge on any atom is -0.306 e. The standard InChI is InChI=1S/C36H40N6O4S/c1-5-41-33(39-42(35(41)44)25-27-16-20-29(21-17-27)36(2,3)4)13-9-10-26-14-18-28(19-15-26)32-23-22-30(24-37-32)38-34(43)40-47(45,46)31-11-7-6-8-12-31/h6-8,11-12,14-24H,5,9-10,13,25H2,1-4H3,(H2,38,40,43). The number of hydrogen-bond acceptors (Lipinski definition) is 6. The molecule has 0 atom stereocenters. The number of nitrogens with one attached hydrogen (secondary N) is 2. The Balaban J connectivity index is 1.14. The van der Waals surface area contributed by atoms with Crippen LogP contribution in [-0.4, -0.2) is 33.8 Å². The molecule has 5 aromatic rings. The van der Waals surface area contributed by atoms with Gasteiger partial charge in [0.05, 0.1) is 29.0 Å². The van der Waals surface area contributed by atoms with Crippen molar-refractivity contribution < 1.29 is 13.2 Å². The Morgan fingerprint density at radius 1 is 0.851 bits per heavy atom. The highest BCUT2D eigenvalue weighted by Crippen LogP contribution is 2.23. The summed E-state index contributed by atoms with van der Waals surface area (Å²) in [6.45, 7) is 9.53. The van der Waals surface area contributed by atoms with Crippen LogP contribution in [0.25, 0.3) is 11.3 Å². The lowest BCUT2D eigenvalue weighted by molar-refractivity contribution is 0.256. The van der Waals surface area contributed by atoms with Crippen LogP contribution in [0.1, 0.15) is 56.6 Å². The largest absolute Gasteiger partial charge is 0.346 e. The number of nitrogens with zero attached hydrogens (tertiary/aromatic N) is 4. The number of sulfonamides is 1. The van der Waals surface area contributed by atoms with Gasteiger partial charge in [-0.2, -0.15) is 5.10 Å². The van der Waals surface area contributed by atoms with Crippen LogP contribution in [0.4, 0.5) is 10.5 Å². The van der Waals surface area contributed by atoms with E-state index in [4.69, 9.17) is 0 Å². The first-order valence-electron chi connectivity index (χ1n) is 15.6. The molecule has 5 rings (SSSR count). The molecule has 2 N–H and O–H groups in total. The Kier molecular flexibility index (Phi) is 10.0. The monoisotopic (exact) mass is 652 g/mol. The van der Waals surface area contributed by atoms with Gasteiger partial charge in [0.2, 0.25) is 0 Å². The van der Waals surface area contributed by atoms with E-state index in [2.05, 4.69) is 72.6 Å². The normalized spacial score (nSPS) is 11.7. The lowest BCUT2D eigenvalue weighted by Gasteiger charge is -2.19. The fraction of sp³-hybridized carbons (Fsp3) is 0.278. The van der Waals surface area contributed by atoms with E-state index in [-0.39, 0.29) is 16.0 Å². The number of carbonyl (C=O) groups excluding carboxylic acids is 1. The Morgan fingerprint density at radius 2 is 1.53 bits per heavy atom. The third-order valence-electron chi connectivity index (χ3n) is 7.89. The van der Waals surface area contributed by atoms with Gasteiger partial charge in [-0.05, 0) is 66.1 Å². The molecule has 2 aromatic heterocycles. The second kappa shape index (κ2) is 14.2. The predicted molar refractivity (Wildman–Crippen MR) is 184 cm³/mol. The molecule has 11 heteroatoms. The van der Waals surface area contributed by atoms with Crippen LogP contribution in [0.2, 0.25) is 0 Å². The lowest BCUT2D eigenvalue weighted by atomic mass is 9.87. The minimum atomic E-state index is -3.98. The van der Waals surface area contributed by atoms with Crippen molar-refractivity contribution in [1.29, 1.82) is 0 Å². The second-order valence-electron chi connectivity index (χ2n) is 12.4. The number of rotatable bonds is 11. The molecule has 0 unspecified atom stereocenters. The van der Waals surface area contributed by atoms with Gasteiger partial charge in [-0.3, -0.25) is 9.55 Å². The van der Waals surface area contributed by atoms with Crippen molar-refractivity contribution in [1.82, 2.24) is 24.1 Å². The first-order valence-corrected chi connectivity index (χ1v) is 17.1. The molecule has 2 heterocycles. The van der Waals surface area contributed by atoms with Crippen molar-refractivity contribution >= 4 is 21.7 Å². The highest BCUT2D eigenvalue weighted by atomic mass is 32.2. The number of aryl methyl sites for hydroxylation is 2. The van der Waals surface area contributed by atoms with Crippen LogP contribution in [0, 0.1) is 0 Å². The number of urea groups is 1. The average Bonchev–Trinajstić information content (AvgIpc) is 3.35. The third-order valence-corrected chi connectivity index (χ3v) is 9.23. The number of aromatic nitrogens is 4. The second-order valence-corrected chi connectivity index (χ2v) is 14.1. The quantitative estimate of drug-likeness (QED) is 0.176. The molecule has 0 saturated carbocycles. The van der Waals surface area contributed by atoms with E-state index in [0.717, 1.165) is 35.4 Å². The smallest absolute Gasteiger partial charge is 0.306 e. The van der Waals surface area contributed by atoms with Gasteiger partial charge >= 0.3 is 11.7 Å². The first-order chi connectivity index (χ1) is 22.4. The van der Waals surface area contributed by atoms with Crippen molar-refractivity contribution in [3.8, 4) is 11.3 Å². The molecule has 0 aliphatic rings. The van der Waals surface area contributed by atoms with E-state index < -0.39 is 16.1 Å². The van der Waals surface area contributed by atoms with Crippen molar-refractivity contribution in [3.63, 3.8) is 0 Å². The van der Waals surface area contributed by atoms with Gasteiger partial charge in [0.25, 0.3) is 10.0 Å². The van der Waals surface area contributed by atoms with Crippen LogP contribution < -0.4 is 15.7 Å². The zero-order chi connectivity index (χ0) is 33.6. The Bertz CT molecular complexity index is 1980. The lowest BCUT2D eigenvalue weighted by Crippen LogP contribution is -2.34. The topological polar surface area (TPSA) is 128 Å². The maximum absolute atomic E-state index is 13.0. The fourth-order valence-corrected chi connectivity index (χ4v) is 6.17. The molecule has 3 aromatic carbocycles. The van der Waals surface area contributed by atoms with Crippen molar-refractivity contribution in [2.24, 2.45) is 0 Å². The van der Waals surface area contributed by atoms with Gasteiger partial charge in [0.1, 0.15) is 5.82 Å². The van der Waals surface area contributed by atoms with E-state index in [0.29, 0.717) is 30.9 Å². The Labute approximate surface area is 275 Å². The molecule has 10 nitrogen and oxygen atoms in total. The van der Waals surface area contributed by atoms with Gasteiger partial charge in [-0.25, -0.2) is 27.4 Å². The molecule has 0 fully saturated rings. The summed E-state index contributed by atoms with van der Waals surface area (Å²) in [5.41, 5.74) is 5.43. The summed E-state index contributed by atoms with van der Waals surface area (Å²) in [4.78, 5) is 29.8. The molecule has 0 spiro atoms. The number of hydrogen-bond donors (Lipinski definition) is 2. The number of pyridine rings is 1. The highest BCUT2D eigenvalue weighted by Gasteiger charge is 2.18. The molecule has 0 radical (unpaired) electrons. The molecule has 0 saturated heterocycles. The van der Waals surface area contributed by atoms with Gasteiger partial charge in [0, 0.05) is 18.5 Å². The molecular formula is C36H40N6O4S. The predicted octanol–water partition coefficient (Wildman–Crippen LogP) is 6.16. The van der Waals surface area contributed by atoms with Gasteiger partial charge in [-0.15, -0.1) is 0 Å². The van der Waals surface area contributed by atoms with Crippen molar-refractivity contribution in [2.75, 3.05) is 5.32 Å². The summed E-state index contributed by atoms with van der Waals surface area (Å²) < 4.78 is 30.1. The van der Waals surface area contributed by atoms with Gasteiger partial charge < -0.3 is 5.32 Å². The highest BCUT2D eigenvalue weighted by molar-refractivity contribution is 7.90. The van der Waals surface area contributed by atoms with Crippen LogP contribution >= 0.6 is 0 Å². The molecule has 47 heavy (non-hydrogen) atoms. The van der Waals surface area contributed by atoms with Crippen molar-refractivity contribution in [3.05, 3.63) is 130 Å². The van der Waals surface area contributed by atoms with E-state index in [1.807, 2.05) is 23.8 Å². The number of benzene rings is 3. The van der Waals surface area contributed by atoms with Crippen LogP contribution in [-0.2, 0) is 41.4 Å². The average molecular weight is 653 g/mol. The Morgan fingerprint density at radius 3 is 2.15 bits per heavy atom. The summed E-state index contributed by atoms with van der Waals surface area (Å²) in [7, 11) is -3.98. The van der Waals surface area contributed by atoms with E-state index in [1.165, 1.54) is 23.9 Å². The van der Waals surface area contributed by atoms with Gasteiger partial charge in [0.15, 0.2) is 0 Å². The maximum atomic E-state index is 13.0. The molecule has 0 aliphatic heterocycles. The number of amides is 2. The SMILES string of the molecule is CCn1c(CCCc2ccc(-c3ccc(NC(=O)NS(=O)(=O)c4ccccc4)cn3)cc2)nn(Cc2ccc(C(C)(C)C)cc2)c1=O. The first kappa shape index (κ1) is 33.3. The molecule has 0 bridgehead atoms. The Hall–Kier alpha value is -5.03. The van der Waals surface area contributed by atoms with E-state index >= 15 is 0 Å². The molecule has 244 valence electrons. The fourth-order valence-electron chi connectivity index (χ4n) is 5.24. The summed E-state index contributed by atoms with van der Waals surface area (Å²) in [6.07, 6.45) is 3.84. The zero-order valence-electron chi connectivity index (χ0n) is 27.1. The van der Waals surface area contributed by atoms with Crippen LogP contribution in [0.3, 0.4) is 0 Å². The van der Waals surface area contributed by atoms with Crippen molar-refractivity contribution in [2.45, 2.75) is 70.4 Å². The summed E-state index contributed by atoms with van der Waals surface area (Å²) in [6, 6.07) is 26.7. The summed E-state index contributed by atoms with van der Waals surface area (Å²) in [5, 5.41) is 7.19. The minimum absolute atomic E-state index is 0.00220. The number of anilines is 1. The summed E-state index contributed by atoms with van der Waals surface area (Å²) >= 11 is 0. The van der Waals surface area contributed by atoms with Crippen LogP contribution in [0.15, 0.2) is 107 Å². The maximum Gasteiger partial charge on any atom is 0.346 e. The third kappa shape index (κ3) is 8.42. The zero-order valence-corrected chi connectivity index (χ0v) is 27.9. The summed E-state index contributed by atoms with van der Waals surface area (Å²) in [5.74, 6) is 0.796. The van der Waals surface area contributed by atoms with Gasteiger partial charge in [-0.1, -0.05) is 87.5 Å². The number of carbonyl (C=O) groups is 1.